The number of phenolic OH excluding ortho intramolecular Hbond substituents is 2. The number of phenols is 2. The molecule has 2 heteroatoms. The lowest BCUT2D eigenvalue weighted by Crippen LogP contribution is -1.83. The van der Waals surface area contributed by atoms with Crippen molar-refractivity contribution >= 4 is 10.8 Å². The molecule has 0 saturated carbocycles. The molecule has 94 valence electrons. The zero-order valence-electron chi connectivity index (χ0n) is 10.6. The minimum Gasteiger partial charge on any atom is -0.508 e. The van der Waals surface area contributed by atoms with Crippen LogP contribution in [0.3, 0.4) is 0 Å². The molecular formula is C17H14O2. The summed E-state index contributed by atoms with van der Waals surface area (Å²) in [5.74, 6) is 0.209. The molecule has 0 radical (unpaired) electrons. The van der Waals surface area contributed by atoms with Gasteiger partial charge in [0.1, 0.15) is 11.5 Å². The van der Waals surface area contributed by atoms with Gasteiger partial charge in [-0.05, 0) is 41.0 Å². The number of benzene rings is 3. The number of aryl methyl sites for hydroxylation is 1. The summed E-state index contributed by atoms with van der Waals surface area (Å²) in [6.45, 7) is 1.82. The summed E-state index contributed by atoms with van der Waals surface area (Å²) in [4.78, 5) is 0. The van der Waals surface area contributed by atoms with E-state index < -0.39 is 0 Å². The van der Waals surface area contributed by atoms with Crippen molar-refractivity contribution in [2.45, 2.75) is 6.92 Å². The second-order valence-electron chi connectivity index (χ2n) is 4.72. The minimum atomic E-state index is 0.0957. The van der Waals surface area contributed by atoms with Crippen molar-refractivity contribution in [3.63, 3.8) is 0 Å². The maximum atomic E-state index is 9.98. The second kappa shape index (κ2) is 4.32. The molecule has 0 unspecified atom stereocenters. The SMILES string of the molecule is Cc1cc(-c2ccc3ccccc3c2)c(O)cc1O. The second-order valence-corrected chi connectivity index (χ2v) is 4.72. The van der Waals surface area contributed by atoms with Crippen LogP contribution in [0.15, 0.2) is 54.6 Å². The van der Waals surface area contributed by atoms with Crippen LogP contribution in [0, 0.1) is 6.92 Å². The van der Waals surface area contributed by atoms with E-state index >= 15 is 0 Å². The minimum absolute atomic E-state index is 0.0957. The zero-order chi connectivity index (χ0) is 13.4. The Bertz CT molecular complexity index is 760. The van der Waals surface area contributed by atoms with Gasteiger partial charge in [0.05, 0.1) is 0 Å². The van der Waals surface area contributed by atoms with E-state index in [0.29, 0.717) is 0 Å². The first-order valence-electron chi connectivity index (χ1n) is 6.17. The normalized spacial score (nSPS) is 10.8. The van der Waals surface area contributed by atoms with Crippen molar-refractivity contribution in [2.75, 3.05) is 0 Å². The van der Waals surface area contributed by atoms with Crippen LogP contribution in [0.5, 0.6) is 11.5 Å². The Kier molecular flexibility index (Phi) is 2.64. The summed E-state index contributed by atoms with van der Waals surface area (Å²) < 4.78 is 0. The maximum absolute atomic E-state index is 9.98. The fourth-order valence-corrected chi connectivity index (χ4v) is 2.27. The lowest BCUT2D eigenvalue weighted by molar-refractivity contribution is 0.449. The summed E-state index contributed by atoms with van der Waals surface area (Å²) in [5, 5.41) is 21.9. The fourth-order valence-electron chi connectivity index (χ4n) is 2.27. The Balaban J connectivity index is 2.21. The van der Waals surface area contributed by atoms with E-state index in [-0.39, 0.29) is 11.5 Å². The van der Waals surface area contributed by atoms with Gasteiger partial charge in [0.2, 0.25) is 0 Å². The van der Waals surface area contributed by atoms with E-state index in [1.54, 1.807) is 6.07 Å². The third-order valence-corrected chi connectivity index (χ3v) is 3.37. The predicted octanol–water partition coefficient (Wildman–Crippen LogP) is 4.23. The Morgan fingerprint density at radius 1 is 0.737 bits per heavy atom. The molecule has 3 aromatic rings. The molecule has 3 aromatic carbocycles. The van der Waals surface area contributed by atoms with Crippen LogP contribution in [0.4, 0.5) is 0 Å². The largest absolute Gasteiger partial charge is 0.508 e. The number of hydrogen-bond acceptors (Lipinski definition) is 2. The topological polar surface area (TPSA) is 40.5 Å². The van der Waals surface area contributed by atoms with Gasteiger partial charge in [-0.15, -0.1) is 0 Å². The highest BCUT2D eigenvalue weighted by Gasteiger charge is 2.08. The average molecular weight is 250 g/mol. The Hall–Kier alpha value is -2.48. The Morgan fingerprint density at radius 3 is 2.26 bits per heavy atom. The average Bonchev–Trinajstić information content (AvgIpc) is 2.42. The molecule has 2 nitrogen and oxygen atoms in total. The molecule has 0 aliphatic heterocycles. The number of aromatic hydroxyl groups is 2. The zero-order valence-corrected chi connectivity index (χ0v) is 10.6. The standard InChI is InChI=1S/C17H14O2/c1-11-8-15(17(19)10-16(11)18)14-7-6-12-4-2-3-5-13(12)9-14/h2-10,18-19H,1H3. The third-order valence-electron chi connectivity index (χ3n) is 3.37. The molecule has 2 N–H and O–H groups in total. The van der Waals surface area contributed by atoms with Gasteiger partial charge in [0.25, 0.3) is 0 Å². The van der Waals surface area contributed by atoms with Crippen LogP contribution in [0.1, 0.15) is 5.56 Å². The summed E-state index contributed by atoms with van der Waals surface area (Å²) in [7, 11) is 0. The van der Waals surface area contributed by atoms with E-state index in [1.165, 1.54) is 11.5 Å². The van der Waals surface area contributed by atoms with E-state index in [2.05, 4.69) is 6.07 Å². The first kappa shape index (κ1) is 11.6. The van der Waals surface area contributed by atoms with Gasteiger partial charge >= 0.3 is 0 Å². The molecule has 0 atom stereocenters. The van der Waals surface area contributed by atoms with Crippen molar-refractivity contribution in [3.8, 4) is 22.6 Å². The molecule has 0 amide bonds. The molecule has 0 aliphatic rings. The molecule has 19 heavy (non-hydrogen) atoms. The number of fused-ring (bicyclic) bond motifs is 1. The smallest absolute Gasteiger partial charge is 0.127 e. The van der Waals surface area contributed by atoms with E-state index in [1.807, 2.05) is 43.3 Å². The van der Waals surface area contributed by atoms with Crippen molar-refractivity contribution in [2.24, 2.45) is 0 Å². The van der Waals surface area contributed by atoms with Crippen LogP contribution in [-0.2, 0) is 0 Å². The van der Waals surface area contributed by atoms with Crippen molar-refractivity contribution < 1.29 is 10.2 Å². The van der Waals surface area contributed by atoms with E-state index in [9.17, 15) is 10.2 Å². The first-order chi connectivity index (χ1) is 9.15. The van der Waals surface area contributed by atoms with Crippen molar-refractivity contribution in [1.29, 1.82) is 0 Å². The lowest BCUT2D eigenvalue weighted by atomic mass is 9.99. The number of rotatable bonds is 1. The van der Waals surface area contributed by atoms with Gasteiger partial charge in [-0.25, -0.2) is 0 Å². The molecule has 0 bridgehead atoms. The highest BCUT2D eigenvalue weighted by molar-refractivity contribution is 5.88. The summed E-state index contributed by atoms with van der Waals surface area (Å²) in [5.41, 5.74) is 2.43. The van der Waals surface area contributed by atoms with E-state index in [0.717, 1.165) is 22.1 Å². The Morgan fingerprint density at radius 2 is 1.47 bits per heavy atom. The summed E-state index contributed by atoms with van der Waals surface area (Å²) >= 11 is 0. The molecule has 3 rings (SSSR count). The van der Waals surface area contributed by atoms with Gasteiger partial charge in [-0.2, -0.15) is 0 Å². The molecule has 0 aromatic heterocycles. The van der Waals surface area contributed by atoms with Crippen LogP contribution in [-0.4, -0.2) is 10.2 Å². The van der Waals surface area contributed by atoms with Crippen LogP contribution in [0.25, 0.3) is 21.9 Å². The highest BCUT2D eigenvalue weighted by atomic mass is 16.3. The fraction of sp³-hybridized carbons (Fsp3) is 0.0588. The van der Waals surface area contributed by atoms with Gasteiger partial charge in [0.15, 0.2) is 0 Å². The van der Waals surface area contributed by atoms with Crippen molar-refractivity contribution in [1.82, 2.24) is 0 Å². The highest BCUT2D eigenvalue weighted by Crippen LogP contribution is 2.35. The monoisotopic (exact) mass is 250 g/mol. The van der Waals surface area contributed by atoms with Crippen molar-refractivity contribution in [3.05, 3.63) is 60.2 Å². The van der Waals surface area contributed by atoms with E-state index in [4.69, 9.17) is 0 Å². The van der Waals surface area contributed by atoms with Crippen LogP contribution in [0.2, 0.25) is 0 Å². The van der Waals surface area contributed by atoms with Crippen LogP contribution >= 0.6 is 0 Å². The maximum Gasteiger partial charge on any atom is 0.127 e. The predicted molar refractivity (Wildman–Crippen MR) is 77.5 cm³/mol. The molecule has 0 heterocycles. The molecule has 0 fully saturated rings. The summed E-state index contributed by atoms with van der Waals surface area (Å²) in [6.07, 6.45) is 0. The van der Waals surface area contributed by atoms with Gasteiger partial charge < -0.3 is 10.2 Å². The lowest BCUT2D eigenvalue weighted by Gasteiger charge is -2.09. The van der Waals surface area contributed by atoms with Gasteiger partial charge in [-0.1, -0.05) is 36.4 Å². The quantitative estimate of drug-likeness (QED) is 0.678. The molecule has 0 saturated heterocycles. The molecule has 0 aliphatic carbocycles. The van der Waals surface area contributed by atoms with Gasteiger partial charge in [0, 0.05) is 11.6 Å². The Labute approximate surface area is 111 Å². The molecule has 0 spiro atoms. The van der Waals surface area contributed by atoms with Gasteiger partial charge in [-0.3, -0.25) is 0 Å². The molecular weight excluding hydrogens is 236 g/mol. The first-order valence-corrected chi connectivity index (χ1v) is 6.17. The number of hydrogen-bond donors (Lipinski definition) is 2. The van der Waals surface area contributed by atoms with Crippen LogP contribution < -0.4 is 0 Å². The third kappa shape index (κ3) is 2.02. The summed E-state index contributed by atoms with van der Waals surface area (Å²) in [6, 6.07) is 17.3.